The van der Waals surface area contributed by atoms with E-state index in [1.165, 1.54) is 0 Å². The van der Waals surface area contributed by atoms with Crippen molar-refractivity contribution < 1.29 is 9.21 Å². The van der Waals surface area contributed by atoms with E-state index in [0.717, 1.165) is 12.1 Å². The van der Waals surface area contributed by atoms with Crippen LogP contribution in [0.15, 0.2) is 52.9 Å². The van der Waals surface area contributed by atoms with E-state index >= 15 is 0 Å². The number of carbonyl (C=O) groups excluding carboxylic acids is 1. The summed E-state index contributed by atoms with van der Waals surface area (Å²) in [4.78, 5) is 18.9. The van der Waals surface area contributed by atoms with Gasteiger partial charge < -0.3 is 14.6 Å². The molecule has 0 saturated carbocycles. The normalized spacial score (nSPS) is 10.6. The average Bonchev–Trinajstić information content (AvgIpc) is 2.99. The molecule has 5 nitrogen and oxygen atoms in total. The Morgan fingerprint density at radius 3 is 2.58 bits per heavy atom. The number of fused-ring (bicyclic) bond motifs is 1. The van der Waals surface area contributed by atoms with Gasteiger partial charge in [-0.1, -0.05) is 24.3 Å². The summed E-state index contributed by atoms with van der Waals surface area (Å²) < 4.78 is 5.85. The van der Waals surface area contributed by atoms with Gasteiger partial charge in [-0.3, -0.25) is 4.79 Å². The van der Waals surface area contributed by atoms with Crippen LogP contribution in [0.3, 0.4) is 0 Å². The zero-order valence-corrected chi connectivity index (χ0v) is 14.5. The topological polar surface area (TPSA) is 58.4 Å². The van der Waals surface area contributed by atoms with Crippen molar-refractivity contribution in [2.24, 2.45) is 0 Å². The number of rotatable bonds is 5. The van der Waals surface area contributed by atoms with Crippen LogP contribution < -0.4 is 5.32 Å². The fraction of sp³-hybridized carbons (Fsp3) is 0.222. The maximum atomic E-state index is 12.4. The molecule has 1 amide bonds. The van der Waals surface area contributed by atoms with Crippen LogP contribution in [-0.4, -0.2) is 43.0 Å². The molecule has 2 aromatic carbocycles. The van der Waals surface area contributed by atoms with Gasteiger partial charge in [-0.25, -0.2) is 4.98 Å². The van der Waals surface area contributed by atoms with Gasteiger partial charge in [-0.05, 0) is 38.4 Å². The fourth-order valence-electron chi connectivity index (χ4n) is 2.32. The number of benzene rings is 2. The third-order valence-corrected chi connectivity index (χ3v) is 3.52. The summed E-state index contributed by atoms with van der Waals surface area (Å²) in [6.45, 7) is 1.37. The molecule has 1 heterocycles. The Balaban J connectivity index is 0.00000208. The highest BCUT2D eigenvalue weighted by atomic mass is 35.5. The second kappa shape index (κ2) is 7.95. The Morgan fingerprint density at radius 2 is 1.88 bits per heavy atom. The summed E-state index contributed by atoms with van der Waals surface area (Å²) in [7, 11) is 3.94. The zero-order valence-electron chi connectivity index (χ0n) is 13.7. The number of aromatic nitrogens is 1. The molecule has 1 aromatic heterocycles. The van der Waals surface area contributed by atoms with Gasteiger partial charge in [0.05, 0.1) is 5.56 Å². The van der Waals surface area contributed by atoms with E-state index in [4.69, 9.17) is 4.42 Å². The molecule has 0 aliphatic heterocycles. The predicted molar refractivity (Wildman–Crippen MR) is 97.6 cm³/mol. The highest BCUT2D eigenvalue weighted by molar-refractivity contribution is 6.04. The summed E-state index contributed by atoms with van der Waals surface area (Å²) in [5.74, 6) is 0.377. The Labute approximate surface area is 147 Å². The summed E-state index contributed by atoms with van der Waals surface area (Å²) in [6.07, 6.45) is 0. The Hall–Kier alpha value is -2.37. The summed E-state index contributed by atoms with van der Waals surface area (Å²) in [5.41, 5.74) is 2.61. The predicted octanol–water partition coefficient (Wildman–Crippen LogP) is 3.21. The maximum Gasteiger partial charge on any atom is 0.255 e. The van der Waals surface area contributed by atoms with Crippen LogP contribution >= 0.6 is 12.4 Å². The highest BCUT2D eigenvalue weighted by Gasteiger charge is 2.16. The molecule has 1 N–H and O–H groups in total. The number of likely N-dealkylation sites (N-methyl/N-ethyl adjacent to an activating group) is 1. The van der Waals surface area contributed by atoms with Gasteiger partial charge in [0, 0.05) is 18.7 Å². The number of amides is 1. The molecular weight excluding hydrogens is 326 g/mol. The number of halogens is 1. The minimum Gasteiger partial charge on any atom is -0.435 e. The molecular formula is C18H20ClN3O2. The first kappa shape index (κ1) is 18.0. The summed E-state index contributed by atoms with van der Waals surface area (Å²) in [6, 6.07) is 15.1. The molecule has 24 heavy (non-hydrogen) atoms. The number of hydrogen-bond acceptors (Lipinski definition) is 4. The van der Waals surface area contributed by atoms with Gasteiger partial charge in [-0.15, -0.1) is 12.4 Å². The van der Waals surface area contributed by atoms with Gasteiger partial charge in [0.1, 0.15) is 5.52 Å². The first-order chi connectivity index (χ1) is 11.1. The first-order valence-corrected chi connectivity index (χ1v) is 7.53. The molecule has 3 rings (SSSR count). The fourth-order valence-corrected chi connectivity index (χ4v) is 2.32. The molecule has 126 valence electrons. The Kier molecular flexibility index (Phi) is 5.95. The zero-order chi connectivity index (χ0) is 16.2. The number of nitrogens with one attached hydrogen (secondary N) is 1. The van der Waals surface area contributed by atoms with Crippen LogP contribution in [-0.2, 0) is 0 Å². The van der Waals surface area contributed by atoms with Crippen molar-refractivity contribution in [1.82, 2.24) is 15.2 Å². The molecule has 0 unspecified atom stereocenters. The van der Waals surface area contributed by atoms with E-state index in [-0.39, 0.29) is 18.3 Å². The van der Waals surface area contributed by atoms with Crippen molar-refractivity contribution in [3.05, 3.63) is 54.1 Å². The number of oxazole rings is 1. The third kappa shape index (κ3) is 3.93. The van der Waals surface area contributed by atoms with Crippen molar-refractivity contribution in [2.75, 3.05) is 27.2 Å². The molecule has 0 spiro atoms. The van der Waals surface area contributed by atoms with Crippen LogP contribution in [0.4, 0.5) is 0 Å². The van der Waals surface area contributed by atoms with Gasteiger partial charge in [0.2, 0.25) is 5.89 Å². The van der Waals surface area contributed by atoms with Gasteiger partial charge in [0.15, 0.2) is 5.58 Å². The molecule has 0 radical (unpaired) electrons. The SMILES string of the molecule is CN(C)CCNC(=O)c1cccc2nc(-c3ccccc3)oc12.Cl. The van der Waals surface area contributed by atoms with E-state index in [1.807, 2.05) is 61.5 Å². The Bertz CT molecular complexity index is 816. The van der Waals surface area contributed by atoms with Gasteiger partial charge in [0.25, 0.3) is 5.91 Å². The van der Waals surface area contributed by atoms with Crippen LogP contribution in [0, 0.1) is 0 Å². The van der Waals surface area contributed by atoms with Gasteiger partial charge in [-0.2, -0.15) is 0 Å². The largest absolute Gasteiger partial charge is 0.435 e. The molecule has 3 aromatic rings. The minimum absolute atomic E-state index is 0. The van der Waals surface area contributed by atoms with Gasteiger partial charge >= 0.3 is 0 Å². The van der Waals surface area contributed by atoms with E-state index < -0.39 is 0 Å². The monoisotopic (exact) mass is 345 g/mol. The maximum absolute atomic E-state index is 12.4. The van der Waals surface area contributed by atoms with Crippen molar-refractivity contribution in [1.29, 1.82) is 0 Å². The number of hydrogen-bond donors (Lipinski definition) is 1. The molecule has 0 saturated heterocycles. The smallest absolute Gasteiger partial charge is 0.255 e. The minimum atomic E-state index is -0.145. The first-order valence-electron chi connectivity index (χ1n) is 7.53. The second-order valence-corrected chi connectivity index (χ2v) is 5.60. The van der Waals surface area contributed by atoms with Crippen molar-refractivity contribution in [2.45, 2.75) is 0 Å². The highest BCUT2D eigenvalue weighted by Crippen LogP contribution is 2.26. The van der Waals surface area contributed by atoms with E-state index in [1.54, 1.807) is 6.07 Å². The van der Waals surface area contributed by atoms with Crippen LogP contribution in [0.1, 0.15) is 10.4 Å². The number of para-hydroxylation sites is 1. The lowest BCUT2D eigenvalue weighted by Crippen LogP contribution is -2.31. The average molecular weight is 346 g/mol. The molecule has 0 bridgehead atoms. The van der Waals surface area contributed by atoms with E-state index in [9.17, 15) is 4.79 Å². The lowest BCUT2D eigenvalue weighted by Gasteiger charge is -2.10. The lowest BCUT2D eigenvalue weighted by molar-refractivity contribution is 0.0952. The van der Waals surface area contributed by atoms with Crippen LogP contribution in [0.25, 0.3) is 22.6 Å². The summed E-state index contributed by atoms with van der Waals surface area (Å²) >= 11 is 0. The van der Waals surface area contributed by atoms with E-state index in [2.05, 4.69) is 10.3 Å². The van der Waals surface area contributed by atoms with Crippen LogP contribution in [0.5, 0.6) is 0 Å². The standard InChI is InChI=1S/C18H19N3O2.ClH/c1-21(2)12-11-19-17(22)14-9-6-10-15-16(14)23-18(20-15)13-7-4-3-5-8-13;/h3-10H,11-12H2,1-2H3,(H,19,22);1H. The molecule has 6 heteroatoms. The Morgan fingerprint density at radius 1 is 1.12 bits per heavy atom. The number of carbonyl (C=O) groups is 1. The van der Waals surface area contributed by atoms with Crippen molar-refractivity contribution in [3.8, 4) is 11.5 Å². The third-order valence-electron chi connectivity index (χ3n) is 3.52. The second-order valence-electron chi connectivity index (χ2n) is 5.60. The molecule has 0 fully saturated rings. The van der Waals surface area contributed by atoms with Crippen molar-refractivity contribution >= 4 is 29.4 Å². The molecule has 0 aliphatic carbocycles. The van der Waals surface area contributed by atoms with Crippen LogP contribution in [0.2, 0.25) is 0 Å². The molecule has 0 aliphatic rings. The summed E-state index contributed by atoms with van der Waals surface area (Å²) in [5, 5.41) is 2.90. The van der Waals surface area contributed by atoms with E-state index in [0.29, 0.717) is 29.1 Å². The molecule has 0 atom stereocenters. The van der Waals surface area contributed by atoms with Crippen molar-refractivity contribution in [3.63, 3.8) is 0 Å². The lowest BCUT2D eigenvalue weighted by atomic mass is 10.2. The number of nitrogens with zero attached hydrogens (tertiary/aromatic N) is 2. The quantitative estimate of drug-likeness (QED) is 0.771.